The van der Waals surface area contributed by atoms with Crippen molar-refractivity contribution < 1.29 is 14.5 Å². The van der Waals surface area contributed by atoms with Crippen LogP contribution >= 0.6 is 24.0 Å². The van der Waals surface area contributed by atoms with Crippen LogP contribution in [0.1, 0.15) is 11.1 Å². The molecule has 1 amide bonds. The van der Waals surface area contributed by atoms with Gasteiger partial charge in [-0.15, -0.1) is 0 Å². The maximum absolute atomic E-state index is 13.3. The monoisotopic (exact) mass is 498 g/mol. The van der Waals surface area contributed by atoms with E-state index in [9.17, 15) is 14.9 Å². The van der Waals surface area contributed by atoms with E-state index in [1.165, 1.54) is 40.9 Å². The van der Waals surface area contributed by atoms with Gasteiger partial charge in [-0.25, -0.2) is 0 Å². The van der Waals surface area contributed by atoms with Crippen LogP contribution in [0.5, 0.6) is 5.75 Å². The molecule has 1 saturated heterocycles. The Morgan fingerprint density at radius 3 is 2.40 bits per heavy atom. The summed E-state index contributed by atoms with van der Waals surface area (Å²) in [5.74, 6) is 0.379. The molecule has 6 nitrogen and oxygen atoms in total. The Balaban J connectivity index is 1.51. The number of ether oxygens (including phenoxy) is 1. The molecular formula is C27H18N2O4S2. The Hall–Kier alpha value is -4.01. The molecule has 0 aliphatic carbocycles. The first-order valence-corrected chi connectivity index (χ1v) is 11.9. The summed E-state index contributed by atoms with van der Waals surface area (Å²) >= 11 is 6.68. The predicted octanol–water partition coefficient (Wildman–Crippen LogP) is 6.73. The van der Waals surface area contributed by atoms with Crippen LogP contribution < -0.4 is 9.64 Å². The van der Waals surface area contributed by atoms with Crippen molar-refractivity contribution >= 4 is 62.4 Å². The Bertz CT molecular complexity index is 1480. The van der Waals surface area contributed by atoms with Gasteiger partial charge in [-0.3, -0.25) is 19.8 Å². The van der Waals surface area contributed by atoms with E-state index in [4.69, 9.17) is 17.0 Å². The lowest BCUT2D eigenvalue weighted by Crippen LogP contribution is -2.27. The number of non-ortho nitro benzene ring substituents is 1. The first-order valence-electron chi connectivity index (χ1n) is 10.7. The second-order valence-electron chi connectivity index (χ2n) is 7.76. The Labute approximate surface area is 211 Å². The van der Waals surface area contributed by atoms with Crippen LogP contribution in [0.4, 0.5) is 11.4 Å². The zero-order valence-corrected chi connectivity index (χ0v) is 19.9. The van der Waals surface area contributed by atoms with Crippen molar-refractivity contribution in [3.63, 3.8) is 0 Å². The third-order valence-corrected chi connectivity index (χ3v) is 6.86. The molecule has 1 aliphatic heterocycles. The summed E-state index contributed by atoms with van der Waals surface area (Å²) in [7, 11) is 0. The number of thioether (sulfide) groups is 1. The lowest BCUT2D eigenvalue weighted by atomic mass is 10.0. The molecule has 5 rings (SSSR count). The molecule has 1 aliphatic rings. The number of amides is 1. The van der Waals surface area contributed by atoms with Crippen LogP contribution in [0.3, 0.4) is 0 Å². The van der Waals surface area contributed by atoms with Gasteiger partial charge < -0.3 is 4.74 Å². The van der Waals surface area contributed by atoms with Crippen molar-refractivity contribution in [2.75, 3.05) is 4.90 Å². The van der Waals surface area contributed by atoms with Gasteiger partial charge in [0.2, 0.25) is 0 Å². The van der Waals surface area contributed by atoms with Crippen molar-refractivity contribution in [2.45, 2.75) is 6.61 Å². The maximum atomic E-state index is 13.3. The minimum absolute atomic E-state index is 0.0503. The van der Waals surface area contributed by atoms with E-state index in [1.54, 1.807) is 0 Å². The normalized spacial score (nSPS) is 14.6. The Kier molecular flexibility index (Phi) is 6.31. The van der Waals surface area contributed by atoms with Gasteiger partial charge in [-0.1, -0.05) is 84.6 Å². The smallest absolute Gasteiger partial charge is 0.270 e. The van der Waals surface area contributed by atoms with Crippen LogP contribution in [0.15, 0.2) is 95.9 Å². The largest absolute Gasteiger partial charge is 0.488 e. The minimum atomic E-state index is -0.481. The molecule has 0 bridgehead atoms. The molecular weight excluding hydrogens is 480 g/mol. The molecule has 4 aromatic carbocycles. The fourth-order valence-electron chi connectivity index (χ4n) is 3.83. The van der Waals surface area contributed by atoms with E-state index in [0.29, 0.717) is 27.3 Å². The fraction of sp³-hybridized carbons (Fsp3) is 0.0370. The van der Waals surface area contributed by atoms with Crippen LogP contribution in [0.2, 0.25) is 0 Å². The third kappa shape index (κ3) is 4.66. The maximum Gasteiger partial charge on any atom is 0.270 e. The SMILES string of the molecule is O=C1/C(=C/c2c(OCc3ccccc3)ccc3ccccc23)SC(=S)N1c1ccc([N+](=O)[O-])cc1. The molecule has 4 aromatic rings. The number of rotatable bonds is 6. The second-order valence-corrected chi connectivity index (χ2v) is 9.44. The van der Waals surface area contributed by atoms with Crippen molar-refractivity contribution in [1.29, 1.82) is 0 Å². The van der Waals surface area contributed by atoms with Crippen LogP contribution in [-0.2, 0) is 11.4 Å². The van der Waals surface area contributed by atoms with Crippen molar-refractivity contribution in [3.8, 4) is 5.75 Å². The van der Waals surface area contributed by atoms with E-state index < -0.39 is 4.92 Å². The Morgan fingerprint density at radius 2 is 1.66 bits per heavy atom. The topological polar surface area (TPSA) is 72.7 Å². The summed E-state index contributed by atoms with van der Waals surface area (Å²) < 4.78 is 6.54. The number of nitro groups is 1. The lowest BCUT2D eigenvalue weighted by molar-refractivity contribution is -0.384. The highest BCUT2D eigenvalue weighted by molar-refractivity contribution is 8.27. The van der Waals surface area contributed by atoms with E-state index >= 15 is 0 Å². The van der Waals surface area contributed by atoms with Gasteiger partial charge in [0.15, 0.2) is 4.32 Å². The summed E-state index contributed by atoms with van der Waals surface area (Å²) in [5, 5.41) is 13.0. The molecule has 0 aromatic heterocycles. The zero-order valence-electron chi connectivity index (χ0n) is 18.3. The molecule has 8 heteroatoms. The van der Waals surface area contributed by atoms with Gasteiger partial charge in [0.1, 0.15) is 12.4 Å². The molecule has 172 valence electrons. The molecule has 1 fully saturated rings. The number of nitrogens with zero attached hydrogens (tertiary/aromatic N) is 2. The Morgan fingerprint density at radius 1 is 0.943 bits per heavy atom. The summed E-state index contributed by atoms with van der Waals surface area (Å²) in [6.07, 6.45) is 1.81. The number of carbonyl (C=O) groups is 1. The van der Waals surface area contributed by atoms with Crippen molar-refractivity contribution in [3.05, 3.63) is 117 Å². The van der Waals surface area contributed by atoms with Gasteiger partial charge in [-0.2, -0.15) is 0 Å². The predicted molar refractivity (Wildman–Crippen MR) is 143 cm³/mol. The second kappa shape index (κ2) is 9.69. The summed E-state index contributed by atoms with van der Waals surface area (Å²) in [4.78, 5) is 25.7. The first kappa shape index (κ1) is 22.8. The number of benzene rings is 4. The van der Waals surface area contributed by atoms with Crippen LogP contribution in [0.25, 0.3) is 16.8 Å². The summed E-state index contributed by atoms with van der Waals surface area (Å²) in [6.45, 7) is 0.393. The highest BCUT2D eigenvalue weighted by Gasteiger charge is 2.34. The van der Waals surface area contributed by atoms with Gasteiger partial charge >= 0.3 is 0 Å². The molecule has 35 heavy (non-hydrogen) atoms. The average molecular weight is 499 g/mol. The highest BCUT2D eigenvalue weighted by Crippen LogP contribution is 2.39. The molecule has 0 radical (unpaired) electrons. The van der Waals surface area contributed by atoms with E-state index in [2.05, 4.69) is 0 Å². The van der Waals surface area contributed by atoms with Gasteiger partial charge in [0.25, 0.3) is 11.6 Å². The molecule has 0 saturated carbocycles. The average Bonchev–Trinajstić information content (AvgIpc) is 3.16. The molecule has 0 N–H and O–H groups in total. The quantitative estimate of drug-likeness (QED) is 0.127. The minimum Gasteiger partial charge on any atom is -0.488 e. The summed E-state index contributed by atoms with van der Waals surface area (Å²) in [5.41, 5.74) is 2.27. The number of anilines is 1. The van der Waals surface area contributed by atoms with Crippen molar-refractivity contribution in [1.82, 2.24) is 0 Å². The number of thiocarbonyl (C=S) groups is 1. The summed E-state index contributed by atoms with van der Waals surface area (Å²) in [6, 6.07) is 27.5. The van der Waals surface area contributed by atoms with Gasteiger partial charge in [-0.05, 0) is 40.6 Å². The standard InChI is InChI=1S/C27H18N2O4S2/c30-26-25(35-27(34)28(26)20-11-13-21(14-12-20)29(31)32)16-23-22-9-5-4-8-19(22)10-15-24(23)33-17-18-6-2-1-3-7-18/h1-16H,17H2/b25-16-. The number of hydrogen-bond donors (Lipinski definition) is 0. The number of hydrogen-bond acceptors (Lipinski definition) is 6. The first-order chi connectivity index (χ1) is 17.0. The van der Waals surface area contributed by atoms with Crippen LogP contribution in [0, 0.1) is 10.1 Å². The fourth-order valence-corrected chi connectivity index (χ4v) is 5.11. The van der Waals surface area contributed by atoms with E-state index in [-0.39, 0.29) is 11.6 Å². The van der Waals surface area contributed by atoms with Crippen LogP contribution in [-0.4, -0.2) is 15.2 Å². The molecule has 0 unspecified atom stereocenters. The van der Waals surface area contributed by atoms with Gasteiger partial charge in [0, 0.05) is 17.7 Å². The lowest BCUT2D eigenvalue weighted by Gasteiger charge is -2.14. The van der Waals surface area contributed by atoms with E-state index in [1.807, 2.05) is 72.8 Å². The number of carbonyl (C=O) groups excluding carboxylic acids is 1. The molecule has 0 spiro atoms. The zero-order chi connectivity index (χ0) is 24.4. The number of nitro benzene ring substituents is 1. The van der Waals surface area contributed by atoms with Gasteiger partial charge in [0.05, 0.1) is 15.5 Å². The van der Waals surface area contributed by atoms with E-state index in [0.717, 1.165) is 21.9 Å². The molecule has 0 atom stereocenters. The van der Waals surface area contributed by atoms with Crippen molar-refractivity contribution in [2.24, 2.45) is 0 Å². The highest BCUT2D eigenvalue weighted by atomic mass is 32.2. The third-order valence-electron chi connectivity index (χ3n) is 5.56. The molecule has 1 heterocycles. The number of fused-ring (bicyclic) bond motifs is 1.